The van der Waals surface area contributed by atoms with Crippen LogP contribution in [0.2, 0.25) is 0 Å². The maximum Gasteiger partial charge on any atom is 0.210 e. The smallest absolute Gasteiger partial charge is 0.210 e. The molecule has 0 spiro atoms. The Labute approximate surface area is 137 Å². The molecule has 0 saturated carbocycles. The third-order valence-electron chi connectivity index (χ3n) is 4.68. The van der Waals surface area contributed by atoms with E-state index >= 15 is 0 Å². The molecule has 0 aliphatic carbocycles. The summed E-state index contributed by atoms with van der Waals surface area (Å²) in [6.07, 6.45) is 0. The van der Waals surface area contributed by atoms with Gasteiger partial charge in [0.15, 0.2) is 0 Å². The first-order valence-electron chi connectivity index (χ1n) is 7.34. The molecule has 0 atom stereocenters. The molecule has 0 fully saturated rings. The van der Waals surface area contributed by atoms with E-state index in [-0.39, 0.29) is 21.3 Å². The lowest BCUT2D eigenvalue weighted by Crippen LogP contribution is -2.08. The van der Waals surface area contributed by atoms with Crippen LogP contribution in [0.15, 0.2) is 21.9 Å². The summed E-state index contributed by atoms with van der Waals surface area (Å²) in [7, 11) is -3.88. The molecule has 2 N–H and O–H groups in total. The number of aromatic hydroxyl groups is 2. The predicted molar refractivity (Wildman–Crippen MR) is 90.1 cm³/mol. The van der Waals surface area contributed by atoms with Gasteiger partial charge in [-0.15, -0.1) is 0 Å². The monoisotopic (exact) mass is 334 g/mol. The molecule has 0 radical (unpaired) electrons. The summed E-state index contributed by atoms with van der Waals surface area (Å²) in [4.78, 5) is 0.0222. The molecule has 0 unspecified atom stereocenters. The Morgan fingerprint density at radius 2 is 1.13 bits per heavy atom. The molecular formula is C18H22O4S. The molecule has 5 heteroatoms. The fourth-order valence-electron chi connectivity index (χ4n) is 2.67. The summed E-state index contributed by atoms with van der Waals surface area (Å²) in [5.41, 5.74) is 3.76. The second-order valence-corrected chi connectivity index (χ2v) is 7.97. The molecule has 2 aromatic carbocycles. The Morgan fingerprint density at radius 1 is 0.652 bits per heavy atom. The first-order chi connectivity index (χ1) is 10.5. The Hall–Kier alpha value is -2.01. The molecule has 0 bridgehead atoms. The predicted octanol–water partition coefficient (Wildman–Crippen LogP) is 3.78. The van der Waals surface area contributed by atoms with Crippen LogP contribution < -0.4 is 0 Å². The van der Waals surface area contributed by atoms with Crippen LogP contribution in [0.1, 0.15) is 33.4 Å². The van der Waals surface area contributed by atoms with Gasteiger partial charge in [0.1, 0.15) is 16.4 Å². The molecule has 0 saturated heterocycles. The van der Waals surface area contributed by atoms with Crippen LogP contribution in [-0.4, -0.2) is 18.6 Å². The number of sulfone groups is 1. The van der Waals surface area contributed by atoms with Gasteiger partial charge in [0, 0.05) is 0 Å². The van der Waals surface area contributed by atoms with Gasteiger partial charge < -0.3 is 10.2 Å². The van der Waals surface area contributed by atoms with Crippen molar-refractivity contribution in [1.29, 1.82) is 0 Å². The van der Waals surface area contributed by atoms with Crippen molar-refractivity contribution in [2.75, 3.05) is 0 Å². The van der Waals surface area contributed by atoms with E-state index in [1.807, 2.05) is 13.8 Å². The highest BCUT2D eigenvalue weighted by Crippen LogP contribution is 2.38. The number of hydrogen-bond acceptors (Lipinski definition) is 4. The first kappa shape index (κ1) is 17.3. The van der Waals surface area contributed by atoms with E-state index < -0.39 is 9.84 Å². The first-order valence-corrected chi connectivity index (χ1v) is 8.83. The van der Waals surface area contributed by atoms with Gasteiger partial charge in [0.2, 0.25) is 9.84 Å². The number of phenols is 2. The molecule has 0 aromatic heterocycles. The second-order valence-electron chi connectivity index (χ2n) is 6.08. The molecule has 0 aliphatic rings. The quantitative estimate of drug-likeness (QED) is 0.876. The van der Waals surface area contributed by atoms with Crippen molar-refractivity contribution < 1.29 is 18.6 Å². The summed E-state index contributed by atoms with van der Waals surface area (Å²) in [6, 6.07) is 2.96. The van der Waals surface area contributed by atoms with E-state index in [1.54, 1.807) is 27.7 Å². The molecule has 4 nitrogen and oxygen atoms in total. The Balaban J connectivity index is 2.85. The molecule has 2 rings (SSSR count). The normalized spacial score (nSPS) is 11.7. The van der Waals surface area contributed by atoms with Gasteiger partial charge in [-0.2, -0.15) is 0 Å². The van der Waals surface area contributed by atoms with Gasteiger partial charge in [-0.1, -0.05) is 0 Å². The standard InChI is InChI=1S/C18H22O4S/c1-9-7-16(18(20)13(5)11(9)3)23(21,22)15-8-10(2)17(19)14(6)12(15)4/h7-8,19-20H,1-6H3. The summed E-state index contributed by atoms with van der Waals surface area (Å²) < 4.78 is 26.1. The summed E-state index contributed by atoms with van der Waals surface area (Å²) in [5, 5.41) is 20.3. The van der Waals surface area contributed by atoms with E-state index in [0.29, 0.717) is 22.3 Å². The van der Waals surface area contributed by atoms with Crippen LogP contribution in [0.4, 0.5) is 0 Å². The van der Waals surface area contributed by atoms with Gasteiger partial charge >= 0.3 is 0 Å². The summed E-state index contributed by atoms with van der Waals surface area (Å²) in [6.45, 7) is 10.4. The molecule has 23 heavy (non-hydrogen) atoms. The average Bonchev–Trinajstić information content (AvgIpc) is 2.49. The number of hydrogen-bond donors (Lipinski definition) is 2. The van der Waals surface area contributed by atoms with E-state index in [9.17, 15) is 18.6 Å². The van der Waals surface area contributed by atoms with Crippen molar-refractivity contribution in [3.63, 3.8) is 0 Å². The van der Waals surface area contributed by atoms with E-state index in [2.05, 4.69) is 0 Å². The van der Waals surface area contributed by atoms with Gasteiger partial charge in [0.25, 0.3) is 0 Å². The largest absolute Gasteiger partial charge is 0.507 e. The average molecular weight is 334 g/mol. The fraction of sp³-hybridized carbons (Fsp3) is 0.333. The lowest BCUT2D eigenvalue weighted by Gasteiger charge is -2.17. The highest BCUT2D eigenvalue weighted by molar-refractivity contribution is 7.91. The minimum atomic E-state index is -3.88. The van der Waals surface area contributed by atoms with Gasteiger partial charge in [-0.3, -0.25) is 0 Å². The van der Waals surface area contributed by atoms with Gasteiger partial charge in [0.05, 0.1) is 4.90 Å². The highest BCUT2D eigenvalue weighted by atomic mass is 32.2. The number of aryl methyl sites for hydroxylation is 2. The van der Waals surface area contributed by atoms with Crippen LogP contribution in [0.3, 0.4) is 0 Å². The van der Waals surface area contributed by atoms with Crippen molar-refractivity contribution in [3.05, 3.63) is 45.5 Å². The zero-order chi connectivity index (χ0) is 17.7. The van der Waals surface area contributed by atoms with Crippen molar-refractivity contribution in [2.45, 2.75) is 51.3 Å². The lowest BCUT2D eigenvalue weighted by molar-refractivity contribution is 0.453. The summed E-state index contributed by atoms with van der Waals surface area (Å²) >= 11 is 0. The number of benzene rings is 2. The van der Waals surface area contributed by atoms with Crippen LogP contribution in [-0.2, 0) is 9.84 Å². The highest BCUT2D eigenvalue weighted by Gasteiger charge is 2.27. The van der Waals surface area contributed by atoms with Crippen molar-refractivity contribution in [1.82, 2.24) is 0 Å². The molecule has 2 aromatic rings. The Bertz CT molecular complexity index is 840. The molecule has 0 amide bonds. The Kier molecular flexibility index (Phi) is 4.20. The molecule has 124 valence electrons. The second kappa shape index (κ2) is 5.57. The lowest BCUT2D eigenvalue weighted by atomic mass is 10.0. The molecular weight excluding hydrogens is 312 g/mol. The van der Waals surface area contributed by atoms with Crippen molar-refractivity contribution >= 4 is 9.84 Å². The number of phenolic OH excluding ortho intramolecular Hbond substituents is 2. The minimum absolute atomic E-state index is 0.0920. The molecule has 0 aliphatic heterocycles. The SMILES string of the molecule is Cc1cc(S(=O)(=O)c2cc(C)c(O)c(C)c2C)c(O)c(C)c1C. The Morgan fingerprint density at radius 3 is 1.70 bits per heavy atom. The number of rotatable bonds is 2. The topological polar surface area (TPSA) is 74.6 Å². The fourth-order valence-corrected chi connectivity index (χ4v) is 4.53. The third-order valence-corrected chi connectivity index (χ3v) is 6.57. The van der Waals surface area contributed by atoms with Crippen LogP contribution in [0.5, 0.6) is 11.5 Å². The van der Waals surface area contributed by atoms with Crippen LogP contribution in [0.25, 0.3) is 0 Å². The maximum absolute atomic E-state index is 13.1. The van der Waals surface area contributed by atoms with E-state index in [1.165, 1.54) is 12.1 Å². The van der Waals surface area contributed by atoms with Gasteiger partial charge in [-0.05, 0) is 87.1 Å². The van der Waals surface area contributed by atoms with Gasteiger partial charge in [-0.25, -0.2) is 8.42 Å². The van der Waals surface area contributed by atoms with Crippen LogP contribution >= 0.6 is 0 Å². The molecule has 0 heterocycles. The zero-order valence-electron chi connectivity index (χ0n) is 14.3. The van der Waals surface area contributed by atoms with E-state index in [4.69, 9.17) is 0 Å². The van der Waals surface area contributed by atoms with Crippen molar-refractivity contribution in [2.24, 2.45) is 0 Å². The third kappa shape index (κ3) is 2.59. The zero-order valence-corrected chi connectivity index (χ0v) is 15.1. The summed E-state index contributed by atoms with van der Waals surface area (Å²) in [5.74, 6) is -0.113. The maximum atomic E-state index is 13.1. The van der Waals surface area contributed by atoms with Crippen molar-refractivity contribution in [3.8, 4) is 11.5 Å². The minimum Gasteiger partial charge on any atom is -0.507 e. The van der Waals surface area contributed by atoms with Crippen LogP contribution in [0, 0.1) is 41.5 Å². The van der Waals surface area contributed by atoms with E-state index in [0.717, 1.165) is 11.1 Å².